The summed E-state index contributed by atoms with van der Waals surface area (Å²) in [6.07, 6.45) is 5.92. The molecular formula is C13H21N3O3S. The van der Waals surface area contributed by atoms with E-state index in [1.165, 1.54) is 10.8 Å². The molecule has 0 saturated carbocycles. The fraction of sp³-hybridized carbons (Fsp3) is 0.692. The largest absolute Gasteiger partial charge is 0.336 e. The van der Waals surface area contributed by atoms with Crippen molar-refractivity contribution in [1.82, 2.24) is 14.5 Å². The molecule has 2 heterocycles. The van der Waals surface area contributed by atoms with Gasteiger partial charge >= 0.3 is 0 Å². The Morgan fingerprint density at radius 2 is 1.95 bits per heavy atom. The zero-order valence-corrected chi connectivity index (χ0v) is 12.9. The topological polar surface area (TPSA) is 72.3 Å². The molecule has 0 bridgehead atoms. The van der Waals surface area contributed by atoms with Gasteiger partial charge in [0, 0.05) is 31.5 Å². The Balaban J connectivity index is 2.17. The van der Waals surface area contributed by atoms with Crippen molar-refractivity contribution in [2.24, 2.45) is 7.05 Å². The van der Waals surface area contributed by atoms with Crippen molar-refractivity contribution in [2.45, 2.75) is 50.4 Å². The van der Waals surface area contributed by atoms with Gasteiger partial charge in [0.2, 0.25) is 20.9 Å². The minimum atomic E-state index is -3.68. The minimum Gasteiger partial charge on any atom is -0.336 e. The quantitative estimate of drug-likeness (QED) is 0.834. The highest BCUT2D eigenvalue weighted by molar-refractivity contribution is 7.91. The molecule has 1 aliphatic heterocycles. The fourth-order valence-corrected chi connectivity index (χ4v) is 4.19. The van der Waals surface area contributed by atoms with Crippen LogP contribution in [0.1, 0.15) is 33.1 Å². The van der Waals surface area contributed by atoms with Crippen molar-refractivity contribution in [2.75, 3.05) is 5.75 Å². The Morgan fingerprint density at radius 1 is 1.35 bits per heavy atom. The predicted octanol–water partition coefficient (Wildman–Crippen LogP) is 0.983. The minimum absolute atomic E-state index is 0.0526. The van der Waals surface area contributed by atoms with Gasteiger partial charge in [-0.1, -0.05) is 0 Å². The van der Waals surface area contributed by atoms with Crippen molar-refractivity contribution < 1.29 is 13.2 Å². The summed E-state index contributed by atoms with van der Waals surface area (Å²) >= 11 is 0. The summed E-state index contributed by atoms with van der Waals surface area (Å²) in [6.45, 7) is 3.95. The summed E-state index contributed by atoms with van der Waals surface area (Å²) in [5.41, 5.74) is 0. The molecule has 1 aliphatic rings. The number of aromatic nitrogens is 2. The van der Waals surface area contributed by atoms with E-state index in [0.717, 1.165) is 19.3 Å². The maximum Gasteiger partial charge on any atom is 0.238 e. The molecule has 1 fully saturated rings. The van der Waals surface area contributed by atoms with E-state index in [2.05, 4.69) is 4.98 Å². The van der Waals surface area contributed by atoms with E-state index in [9.17, 15) is 13.2 Å². The second-order valence-electron chi connectivity index (χ2n) is 5.51. The summed E-state index contributed by atoms with van der Waals surface area (Å²) in [5, 5.41) is -0.0526. The molecule has 112 valence electrons. The summed E-state index contributed by atoms with van der Waals surface area (Å²) in [4.78, 5) is 17.9. The van der Waals surface area contributed by atoms with Gasteiger partial charge in [0.15, 0.2) is 0 Å². The lowest BCUT2D eigenvalue weighted by Crippen LogP contribution is -2.49. The lowest BCUT2D eigenvalue weighted by molar-refractivity contribution is -0.134. The Morgan fingerprint density at radius 3 is 2.45 bits per heavy atom. The van der Waals surface area contributed by atoms with Gasteiger partial charge < -0.3 is 9.47 Å². The van der Waals surface area contributed by atoms with Crippen LogP contribution in [0.3, 0.4) is 0 Å². The van der Waals surface area contributed by atoms with E-state index in [1.54, 1.807) is 18.1 Å². The second-order valence-corrected chi connectivity index (χ2v) is 7.39. The monoisotopic (exact) mass is 299 g/mol. The van der Waals surface area contributed by atoms with Gasteiger partial charge in [-0.2, -0.15) is 0 Å². The summed E-state index contributed by atoms with van der Waals surface area (Å²) in [6, 6.07) is 0.200. The first-order valence-corrected chi connectivity index (χ1v) is 8.49. The number of piperidine rings is 1. The number of carbonyl (C=O) groups is 1. The molecule has 0 radical (unpaired) electrons. The molecule has 2 rings (SSSR count). The first kappa shape index (κ1) is 15.0. The van der Waals surface area contributed by atoms with Crippen molar-refractivity contribution in [3.8, 4) is 0 Å². The summed E-state index contributed by atoms with van der Waals surface area (Å²) in [7, 11) is -2.07. The lowest BCUT2D eigenvalue weighted by Gasteiger charge is -2.39. The molecule has 7 heteroatoms. The van der Waals surface area contributed by atoms with Crippen LogP contribution in [0.2, 0.25) is 0 Å². The van der Waals surface area contributed by atoms with Crippen LogP contribution in [0.5, 0.6) is 0 Å². The number of aryl methyl sites for hydroxylation is 1. The Hall–Kier alpha value is -1.37. The van der Waals surface area contributed by atoms with Crippen molar-refractivity contribution in [3.63, 3.8) is 0 Å². The molecule has 1 amide bonds. The van der Waals surface area contributed by atoms with E-state index >= 15 is 0 Å². The van der Waals surface area contributed by atoms with Gasteiger partial charge in [-0.15, -0.1) is 0 Å². The van der Waals surface area contributed by atoms with E-state index in [-0.39, 0.29) is 23.1 Å². The molecular weight excluding hydrogens is 278 g/mol. The number of likely N-dealkylation sites (tertiary alicyclic amines) is 1. The van der Waals surface area contributed by atoms with Crippen molar-refractivity contribution >= 4 is 15.7 Å². The molecule has 2 atom stereocenters. The van der Waals surface area contributed by atoms with Gasteiger partial charge in [-0.05, 0) is 33.1 Å². The van der Waals surface area contributed by atoms with Crippen LogP contribution >= 0.6 is 0 Å². The van der Waals surface area contributed by atoms with Crippen LogP contribution in [0.25, 0.3) is 0 Å². The Kier molecular flexibility index (Phi) is 4.17. The van der Waals surface area contributed by atoms with E-state index < -0.39 is 15.6 Å². The number of nitrogens with zero attached hydrogens (tertiary/aromatic N) is 3. The van der Waals surface area contributed by atoms with Crippen LogP contribution in [-0.4, -0.2) is 46.6 Å². The van der Waals surface area contributed by atoms with Gasteiger partial charge in [0.05, 0.1) is 0 Å². The molecule has 1 aromatic rings. The molecule has 0 aromatic carbocycles. The van der Waals surface area contributed by atoms with E-state index in [1.807, 2.05) is 13.8 Å². The summed E-state index contributed by atoms with van der Waals surface area (Å²) < 4.78 is 25.9. The molecule has 20 heavy (non-hydrogen) atoms. The molecule has 0 aliphatic carbocycles. The highest BCUT2D eigenvalue weighted by Crippen LogP contribution is 2.23. The normalized spacial score (nSPS) is 23.9. The van der Waals surface area contributed by atoms with Gasteiger partial charge in [-0.25, -0.2) is 13.4 Å². The highest BCUT2D eigenvalue weighted by Gasteiger charge is 2.33. The number of sulfone groups is 1. The number of carbonyl (C=O) groups excluding carboxylic acids is 1. The third-order valence-corrected chi connectivity index (χ3v) is 5.43. The van der Waals surface area contributed by atoms with Crippen LogP contribution in [0, 0.1) is 0 Å². The Bertz CT molecular complexity index is 584. The van der Waals surface area contributed by atoms with Crippen LogP contribution in [0.4, 0.5) is 0 Å². The smallest absolute Gasteiger partial charge is 0.238 e. The zero-order valence-electron chi connectivity index (χ0n) is 12.1. The van der Waals surface area contributed by atoms with Crippen LogP contribution in [-0.2, 0) is 21.7 Å². The zero-order chi connectivity index (χ0) is 14.9. The van der Waals surface area contributed by atoms with E-state index in [4.69, 9.17) is 0 Å². The Labute approximate surface area is 119 Å². The average molecular weight is 299 g/mol. The molecule has 1 saturated heterocycles. The SMILES string of the molecule is CC1CCCC(C)N1C(=O)CS(=O)(=O)c1nccn1C. The van der Waals surface area contributed by atoms with Crippen LogP contribution < -0.4 is 0 Å². The van der Waals surface area contributed by atoms with Crippen molar-refractivity contribution in [1.29, 1.82) is 0 Å². The number of hydrogen-bond donors (Lipinski definition) is 0. The first-order valence-electron chi connectivity index (χ1n) is 6.84. The molecule has 0 spiro atoms. The maximum absolute atomic E-state index is 12.4. The van der Waals surface area contributed by atoms with Gasteiger partial charge in [-0.3, -0.25) is 4.79 Å². The van der Waals surface area contributed by atoms with Crippen molar-refractivity contribution in [3.05, 3.63) is 12.4 Å². The van der Waals surface area contributed by atoms with Crippen LogP contribution in [0.15, 0.2) is 17.6 Å². The number of amides is 1. The van der Waals surface area contributed by atoms with E-state index in [0.29, 0.717) is 0 Å². The molecule has 1 aromatic heterocycles. The van der Waals surface area contributed by atoms with Gasteiger partial charge in [0.25, 0.3) is 0 Å². The number of imidazole rings is 1. The summed E-state index contributed by atoms with van der Waals surface area (Å²) in [5.74, 6) is -0.834. The third kappa shape index (κ3) is 2.87. The molecule has 2 unspecified atom stereocenters. The second kappa shape index (κ2) is 5.55. The first-order chi connectivity index (χ1) is 9.33. The van der Waals surface area contributed by atoms with Gasteiger partial charge in [0.1, 0.15) is 5.75 Å². The fourth-order valence-electron chi connectivity index (χ4n) is 2.87. The highest BCUT2D eigenvalue weighted by atomic mass is 32.2. The number of hydrogen-bond acceptors (Lipinski definition) is 4. The third-order valence-electron chi connectivity index (χ3n) is 3.85. The lowest BCUT2D eigenvalue weighted by atomic mass is 9.98. The molecule has 0 N–H and O–H groups in total. The predicted molar refractivity (Wildman–Crippen MR) is 74.9 cm³/mol. The molecule has 6 nitrogen and oxygen atoms in total. The standard InChI is InChI=1S/C13H21N3O3S/c1-10-5-4-6-11(2)16(10)12(17)9-20(18,19)13-14-7-8-15(13)3/h7-8,10-11H,4-6,9H2,1-3H3. The maximum atomic E-state index is 12.4. The average Bonchev–Trinajstić information content (AvgIpc) is 2.75. The number of rotatable bonds is 3.